The highest BCUT2D eigenvalue weighted by molar-refractivity contribution is 6.76. The molecule has 182 valence electrons. The van der Waals surface area contributed by atoms with E-state index in [2.05, 4.69) is 52.3 Å². The summed E-state index contributed by atoms with van der Waals surface area (Å²) >= 11 is 0. The molecule has 0 amide bonds. The topological polar surface area (TPSA) is 65.8 Å². The highest BCUT2D eigenvalue weighted by Crippen LogP contribution is 2.32. The van der Waals surface area contributed by atoms with E-state index in [1.165, 1.54) is 0 Å². The Labute approximate surface area is 197 Å². The maximum Gasteiger partial charge on any atom is 0.295 e. The Hall–Kier alpha value is -1.27. The van der Waals surface area contributed by atoms with Gasteiger partial charge in [0.25, 0.3) is 5.56 Å². The van der Waals surface area contributed by atoms with Gasteiger partial charge in [-0.1, -0.05) is 53.4 Å². The molecule has 9 heteroatoms. The standard InChI is InChI=1S/C23H43N3O4Si2/c1-19(2)23(3,4)31-30-12-8-9-20-17-26(18-29-15-16-32(5,6)7)22(27)21(24-20)25-10-13-28-14-11-25/h8-9,17,19H,10-16,18,31H2,1-7H3/b9-8+. The van der Waals surface area contributed by atoms with Gasteiger partial charge in [-0.2, -0.15) is 0 Å². The molecule has 1 aromatic heterocycles. The summed E-state index contributed by atoms with van der Waals surface area (Å²) in [6.45, 7) is 20.1. The molecule has 0 aromatic carbocycles. The lowest BCUT2D eigenvalue weighted by molar-refractivity contribution is 0.0843. The lowest BCUT2D eigenvalue weighted by atomic mass is 9.99. The number of hydrogen-bond acceptors (Lipinski definition) is 6. The van der Waals surface area contributed by atoms with E-state index in [0.29, 0.717) is 51.3 Å². The van der Waals surface area contributed by atoms with E-state index in [9.17, 15) is 4.79 Å². The quantitative estimate of drug-likeness (QED) is 0.337. The molecule has 0 aliphatic carbocycles. The van der Waals surface area contributed by atoms with Crippen molar-refractivity contribution in [3.8, 4) is 0 Å². The van der Waals surface area contributed by atoms with Crippen molar-refractivity contribution in [2.24, 2.45) is 5.92 Å². The van der Waals surface area contributed by atoms with Crippen LogP contribution >= 0.6 is 0 Å². The van der Waals surface area contributed by atoms with Gasteiger partial charge < -0.3 is 18.8 Å². The van der Waals surface area contributed by atoms with Crippen LogP contribution in [0.25, 0.3) is 6.08 Å². The van der Waals surface area contributed by atoms with Crippen LogP contribution in [-0.4, -0.2) is 66.9 Å². The Morgan fingerprint density at radius 1 is 1.28 bits per heavy atom. The summed E-state index contributed by atoms with van der Waals surface area (Å²) in [7, 11) is -1.81. The summed E-state index contributed by atoms with van der Waals surface area (Å²) in [4.78, 5) is 19.7. The minimum Gasteiger partial charge on any atom is -0.420 e. The fourth-order valence-electron chi connectivity index (χ4n) is 2.97. The van der Waals surface area contributed by atoms with Crippen molar-refractivity contribution in [2.45, 2.75) is 65.1 Å². The number of morpholine rings is 1. The number of rotatable bonds is 12. The van der Waals surface area contributed by atoms with E-state index in [0.717, 1.165) is 11.7 Å². The second-order valence-electron chi connectivity index (χ2n) is 10.8. The zero-order chi connectivity index (χ0) is 23.8. The van der Waals surface area contributed by atoms with Crippen LogP contribution in [0.4, 0.5) is 5.82 Å². The highest BCUT2D eigenvalue weighted by Gasteiger charge is 2.23. The van der Waals surface area contributed by atoms with Gasteiger partial charge in [-0.25, -0.2) is 4.98 Å². The van der Waals surface area contributed by atoms with E-state index in [1.807, 2.05) is 17.1 Å². The van der Waals surface area contributed by atoms with Crippen molar-refractivity contribution >= 4 is 29.7 Å². The van der Waals surface area contributed by atoms with Crippen LogP contribution < -0.4 is 10.5 Å². The summed E-state index contributed by atoms with van der Waals surface area (Å²) in [6, 6.07) is 1.07. The summed E-state index contributed by atoms with van der Waals surface area (Å²) in [5, 5.41) is 0.274. The van der Waals surface area contributed by atoms with Crippen LogP contribution in [0.2, 0.25) is 30.7 Å². The molecule has 1 aliphatic rings. The molecule has 1 fully saturated rings. The second kappa shape index (κ2) is 12.3. The smallest absolute Gasteiger partial charge is 0.295 e. The average molecular weight is 482 g/mol. The van der Waals surface area contributed by atoms with Gasteiger partial charge in [0.05, 0.1) is 25.5 Å². The number of hydrogen-bond donors (Lipinski definition) is 0. The van der Waals surface area contributed by atoms with Gasteiger partial charge in [-0.15, -0.1) is 0 Å². The number of anilines is 1. The van der Waals surface area contributed by atoms with Gasteiger partial charge in [0.2, 0.25) is 0 Å². The molecule has 0 saturated carbocycles. The zero-order valence-electron chi connectivity index (χ0n) is 21.1. The molecular weight excluding hydrogens is 438 g/mol. The van der Waals surface area contributed by atoms with E-state index in [-0.39, 0.29) is 17.3 Å². The third kappa shape index (κ3) is 8.94. The maximum absolute atomic E-state index is 13.1. The maximum atomic E-state index is 13.1. The normalized spacial score (nSPS) is 16.2. The lowest BCUT2D eigenvalue weighted by Crippen LogP contribution is -2.41. The van der Waals surface area contributed by atoms with Crippen LogP contribution in [0.3, 0.4) is 0 Å². The molecular formula is C23H43N3O4Si2. The first-order chi connectivity index (χ1) is 15.0. The van der Waals surface area contributed by atoms with E-state index < -0.39 is 17.8 Å². The molecule has 0 N–H and O–H groups in total. The molecule has 1 aromatic rings. The molecule has 0 atom stereocenters. The largest absolute Gasteiger partial charge is 0.420 e. The van der Waals surface area contributed by atoms with Crippen LogP contribution in [-0.2, 0) is 20.6 Å². The van der Waals surface area contributed by atoms with Gasteiger partial charge in [0.15, 0.2) is 15.6 Å². The van der Waals surface area contributed by atoms with Crippen molar-refractivity contribution in [3.05, 3.63) is 28.3 Å². The first-order valence-electron chi connectivity index (χ1n) is 11.8. The SMILES string of the molecule is CC(C)C(C)(C)[SiH2]OC/C=C/c1cn(COCC[Si](C)(C)C)c(=O)c(N2CCOCC2)n1. The Kier molecular flexibility index (Phi) is 10.3. The Balaban J connectivity index is 2.10. The monoisotopic (exact) mass is 481 g/mol. The van der Waals surface area contributed by atoms with Crippen LogP contribution in [0, 0.1) is 5.92 Å². The Morgan fingerprint density at radius 2 is 1.97 bits per heavy atom. The molecule has 0 radical (unpaired) electrons. The third-order valence-electron chi connectivity index (χ3n) is 6.05. The fraction of sp³-hybridized carbons (Fsp3) is 0.739. The van der Waals surface area contributed by atoms with Crippen molar-refractivity contribution in [1.82, 2.24) is 9.55 Å². The van der Waals surface area contributed by atoms with Crippen molar-refractivity contribution < 1.29 is 13.9 Å². The second-order valence-corrected chi connectivity index (χ2v) is 18.9. The third-order valence-corrected chi connectivity index (χ3v) is 9.76. The van der Waals surface area contributed by atoms with Gasteiger partial charge >= 0.3 is 0 Å². The van der Waals surface area contributed by atoms with Crippen LogP contribution in [0.15, 0.2) is 17.1 Å². The molecule has 7 nitrogen and oxygen atoms in total. The van der Waals surface area contributed by atoms with E-state index in [1.54, 1.807) is 10.8 Å². The number of ether oxygens (including phenoxy) is 2. The molecule has 2 heterocycles. The van der Waals surface area contributed by atoms with Crippen LogP contribution in [0.5, 0.6) is 0 Å². The first-order valence-corrected chi connectivity index (χ1v) is 16.7. The van der Waals surface area contributed by atoms with Gasteiger partial charge in [-0.05, 0) is 23.1 Å². The number of aromatic nitrogens is 2. The minimum absolute atomic E-state index is 0.112. The molecule has 32 heavy (non-hydrogen) atoms. The van der Waals surface area contributed by atoms with E-state index >= 15 is 0 Å². The summed E-state index contributed by atoms with van der Waals surface area (Å²) in [5.41, 5.74) is 0.632. The average Bonchev–Trinajstić information content (AvgIpc) is 2.72. The molecule has 2 rings (SSSR count). The Bertz CT molecular complexity index is 797. The highest BCUT2D eigenvalue weighted by atomic mass is 28.3. The minimum atomic E-state index is -1.17. The fourth-order valence-corrected chi connectivity index (χ4v) is 4.84. The zero-order valence-corrected chi connectivity index (χ0v) is 23.6. The number of nitrogens with zero attached hydrogens (tertiary/aromatic N) is 3. The predicted molar refractivity (Wildman–Crippen MR) is 138 cm³/mol. The summed E-state index contributed by atoms with van der Waals surface area (Å²) in [5.74, 6) is 1.08. The first kappa shape index (κ1) is 27.0. The lowest BCUT2D eigenvalue weighted by Gasteiger charge is -2.28. The van der Waals surface area contributed by atoms with Crippen molar-refractivity contribution in [1.29, 1.82) is 0 Å². The van der Waals surface area contributed by atoms with Gasteiger partial charge in [-0.3, -0.25) is 9.36 Å². The molecule has 1 aliphatic heterocycles. The van der Waals surface area contributed by atoms with Gasteiger partial charge in [0, 0.05) is 34.0 Å². The molecule has 0 bridgehead atoms. The summed E-state index contributed by atoms with van der Waals surface area (Å²) < 4.78 is 18.9. The summed E-state index contributed by atoms with van der Waals surface area (Å²) in [6.07, 6.45) is 5.72. The van der Waals surface area contributed by atoms with E-state index in [4.69, 9.17) is 13.9 Å². The van der Waals surface area contributed by atoms with Crippen molar-refractivity contribution in [3.63, 3.8) is 0 Å². The molecule has 1 saturated heterocycles. The van der Waals surface area contributed by atoms with Crippen molar-refractivity contribution in [2.75, 3.05) is 44.4 Å². The molecule has 0 unspecified atom stereocenters. The predicted octanol–water partition coefficient (Wildman–Crippen LogP) is 3.36. The van der Waals surface area contributed by atoms with Crippen LogP contribution in [0.1, 0.15) is 33.4 Å². The van der Waals surface area contributed by atoms with Gasteiger partial charge in [0.1, 0.15) is 6.73 Å². The molecule has 0 spiro atoms. The Morgan fingerprint density at radius 3 is 2.59 bits per heavy atom.